The van der Waals surface area contributed by atoms with Crippen LogP contribution in [0, 0.1) is 0 Å². The van der Waals surface area contributed by atoms with Crippen molar-refractivity contribution in [2.24, 2.45) is 5.73 Å². The third kappa shape index (κ3) is 3.74. The van der Waals surface area contributed by atoms with Crippen molar-refractivity contribution in [3.8, 4) is 0 Å². The van der Waals surface area contributed by atoms with Crippen LogP contribution < -0.4 is 5.73 Å². The van der Waals surface area contributed by atoms with E-state index in [9.17, 15) is 4.79 Å². The number of carbonyl (C=O) groups is 1. The summed E-state index contributed by atoms with van der Waals surface area (Å²) in [7, 11) is 0. The second-order valence-corrected chi connectivity index (χ2v) is 2.32. The highest BCUT2D eigenvalue weighted by Crippen LogP contribution is 1.93. The summed E-state index contributed by atoms with van der Waals surface area (Å²) in [6, 6.07) is -0.502. The fraction of sp³-hybridized carbons (Fsp3) is 0.833. The molecule has 0 radical (unpaired) electrons. The molecule has 0 unspecified atom stereocenters. The van der Waals surface area contributed by atoms with Crippen LogP contribution in [0.15, 0.2) is 0 Å². The van der Waals surface area contributed by atoms with Crippen molar-refractivity contribution in [2.75, 3.05) is 12.4 Å². The highest BCUT2D eigenvalue weighted by Gasteiger charge is 2.12. The molecule has 0 bridgehead atoms. The van der Waals surface area contributed by atoms with E-state index in [0.29, 0.717) is 18.8 Å². The SMILES string of the molecule is CCOC(=O)[C@H](N)CCS. The van der Waals surface area contributed by atoms with Crippen molar-refractivity contribution >= 4 is 18.6 Å². The van der Waals surface area contributed by atoms with Gasteiger partial charge in [0.2, 0.25) is 0 Å². The summed E-state index contributed by atoms with van der Waals surface area (Å²) in [6.45, 7) is 2.14. The summed E-state index contributed by atoms with van der Waals surface area (Å²) in [5, 5.41) is 0. The van der Waals surface area contributed by atoms with Gasteiger partial charge in [0.05, 0.1) is 6.61 Å². The maximum absolute atomic E-state index is 10.8. The second kappa shape index (κ2) is 5.56. The van der Waals surface area contributed by atoms with Gasteiger partial charge in [0, 0.05) is 0 Å². The first-order valence-electron chi connectivity index (χ1n) is 3.25. The molecule has 0 aliphatic heterocycles. The molecule has 3 nitrogen and oxygen atoms in total. The molecule has 0 amide bonds. The Balaban J connectivity index is 3.49. The number of carbonyl (C=O) groups excluding carboxylic acids is 1. The minimum Gasteiger partial charge on any atom is -0.465 e. The van der Waals surface area contributed by atoms with Gasteiger partial charge in [-0.15, -0.1) is 0 Å². The molecule has 0 spiro atoms. The largest absolute Gasteiger partial charge is 0.465 e. The molecule has 2 N–H and O–H groups in total. The Hall–Kier alpha value is -0.220. The third-order valence-corrected chi connectivity index (χ3v) is 1.29. The van der Waals surface area contributed by atoms with Crippen LogP contribution in [-0.2, 0) is 9.53 Å². The first-order chi connectivity index (χ1) is 4.72. The van der Waals surface area contributed by atoms with Gasteiger partial charge < -0.3 is 10.5 Å². The number of esters is 1. The molecule has 0 rings (SSSR count). The molecule has 0 aliphatic rings. The fourth-order valence-electron chi connectivity index (χ4n) is 0.506. The van der Waals surface area contributed by atoms with Crippen LogP contribution in [-0.4, -0.2) is 24.4 Å². The van der Waals surface area contributed by atoms with Crippen LogP contribution in [0.3, 0.4) is 0 Å². The smallest absolute Gasteiger partial charge is 0.322 e. The topological polar surface area (TPSA) is 52.3 Å². The van der Waals surface area contributed by atoms with E-state index in [1.807, 2.05) is 0 Å². The molecule has 0 aromatic heterocycles. The Morgan fingerprint density at radius 3 is 2.80 bits per heavy atom. The molecule has 1 atom stereocenters. The number of hydrogen-bond acceptors (Lipinski definition) is 4. The summed E-state index contributed by atoms with van der Waals surface area (Å²) in [6.07, 6.45) is 0.571. The number of nitrogens with two attached hydrogens (primary N) is 1. The molecule has 10 heavy (non-hydrogen) atoms. The molecule has 4 heteroatoms. The van der Waals surface area contributed by atoms with Gasteiger partial charge in [0.15, 0.2) is 0 Å². The average molecular weight is 163 g/mol. The van der Waals surface area contributed by atoms with Gasteiger partial charge in [-0.2, -0.15) is 12.6 Å². The molecule has 0 aromatic rings. The highest BCUT2D eigenvalue weighted by molar-refractivity contribution is 7.80. The van der Waals surface area contributed by atoms with Gasteiger partial charge in [-0.3, -0.25) is 4.79 Å². The molecule has 0 saturated carbocycles. The number of rotatable bonds is 4. The Morgan fingerprint density at radius 2 is 2.40 bits per heavy atom. The van der Waals surface area contributed by atoms with E-state index in [2.05, 4.69) is 17.4 Å². The Morgan fingerprint density at radius 1 is 1.80 bits per heavy atom. The van der Waals surface area contributed by atoms with E-state index in [4.69, 9.17) is 5.73 Å². The van der Waals surface area contributed by atoms with Gasteiger partial charge in [-0.05, 0) is 19.1 Å². The van der Waals surface area contributed by atoms with Crippen LogP contribution in [0.4, 0.5) is 0 Å². The standard InChI is InChI=1S/C6H13NO2S/c1-2-9-6(8)5(7)3-4-10/h5,10H,2-4,7H2,1H3/t5-/m1/s1. The summed E-state index contributed by atoms with van der Waals surface area (Å²) >= 11 is 3.93. The summed E-state index contributed by atoms with van der Waals surface area (Å²) < 4.78 is 4.66. The van der Waals surface area contributed by atoms with E-state index in [-0.39, 0.29) is 5.97 Å². The number of thiol groups is 1. The van der Waals surface area contributed by atoms with Gasteiger partial charge in [0.25, 0.3) is 0 Å². The molecule has 60 valence electrons. The molecule has 0 aromatic carbocycles. The van der Waals surface area contributed by atoms with Crippen LogP contribution in [0.25, 0.3) is 0 Å². The predicted octanol–water partition coefficient (Wildman–Crippen LogP) is 0.197. The summed E-state index contributed by atoms with van der Waals surface area (Å²) in [5.41, 5.74) is 5.39. The zero-order chi connectivity index (χ0) is 7.98. The van der Waals surface area contributed by atoms with E-state index in [0.717, 1.165) is 0 Å². The maximum Gasteiger partial charge on any atom is 0.322 e. The highest BCUT2D eigenvalue weighted by atomic mass is 32.1. The summed E-state index contributed by atoms with van der Waals surface area (Å²) in [4.78, 5) is 10.8. The van der Waals surface area contributed by atoms with Gasteiger partial charge in [0.1, 0.15) is 6.04 Å². The molecule has 0 saturated heterocycles. The van der Waals surface area contributed by atoms with Crippen molar-refractivity contribution in [2.45, 2.75) is 19.4 Å². The monoisotopic (exact) mass is 163 g/mol. The fourth-order valence-corrected chi connectivity index (χ4v) is 0.784. The van der Waals surface area contributed by atoms with E-state index in [1.165, 1.54) is 0 Å². The number of ether oxygens (including phenoxy) is 1. The maximum atomic E-state index is 10.8. The quantitative estimate of drug-likeness (QED) is 0.460. The van der Waals surface area contributed by atoms with Crippen LogP contribution in [0.1, 0.15) is 13.3 Å². The zero-order valence-corrected chi connectivity index (χ0v) is 6.93. The molecular formula is C6H13NO2S. The van der Waals surface area contributed by atoms with Crippen LogP contribution in [0.5, 0.6) is 0 Å². The lowest BCUT2D eigenvalue weighted by atomic mass is 10.2. The Kier molecular flexibility index (Phi) is 5.43. The van der Waals surface area contributed by atoms with Crippen molar-refractivity contribution in [1.29, 1.82) is 0 Å². The van der Waals surface area contributed by atoms with Gasteiger partial charge >= 0.3 is 5.97 Å². The van der Waals surface area contributed by atoms with E-state index >= 15 is 0 Å². The molecular weight excluding hydrogens is 150 g/mol. The number of hydrogen-bond donors (Lipinski definition) is 2. The lowest BCUT2D eigenvalue weighted by molar-refractivity contribution is -0.144. The predicted molar refractivity (Wildman–Crippen MR) is 43.1 cm³/mol. The van der Waals surface area contributed by atoms with Crippen molar-refractivity contribution < 1.29 is 9.53 Å². The molecule has 0 heterocycles. The van der Waals surface area contributed by atoms with Crippen molar-refractivity contribution in [3.05, 3.63) is 0 Å². The Labute approximate surface area is 66.3 Å². The second-order valence-electron chi connectivity index (χ2n) is 1.87. The van der Waals surface area contributed by atoms with Crippen LogP contribution >= 0.6 is 12.6 Å². The first-order valence-corrected chi connectivity index (χ1v) is 3.88. The average Bonchev–Trinajstić information content (AvgIpc) is 1.89. The van der Waals surface area contributed by atoms with Crippen molar-refractivity contribution in [3.63, 3.8) is 0 Å². The van der Waals surface area contributed by atoms with E-state index in [1.54, 1.807) is 6.92 Å². The molecule has 0 fully saturated rings. The minimum absolute atomic E-state index is 0.337. The lowest BCUT2D eigenvalue weighted by Crippen LogP contribution is -2.32. The minimum atomic E-state index is -0.502. The summed E-state index contributed by atoms with van der Waals surface area (Å²) in [5.74, 6) is 0.275. The first kappa shape index (κ1) is 9.78. The normalized spacial score (nSPS) is 12.7. The van der Waals surface area contributed by atoms with Crippen LogP contribution in [0.2, 0.25) is 0 Å². The zero-order valence-electron chi connectivity index (χ0n) is 6.04. The van der Waals surface area contributed by atoms with Gasteiger partial charge in [-0.1, -0.05) is 0 Å². The van der Waals surface area contributed by atoms with E-state index < -0.39 is 6.04 Å². The third-order valence-electron chi connectivity index (χ3n) is 1.03. The van der Waals surface area contributed by atoms with Crippen molar-refractivity contribution in [1.82, 2.24) is 0 Å². The lowest BCUT2D eigenvalue weighted by Gasteiger charge is -2.07. The van der Waals surface area contributed by atoms with Gasteiger partial charge in [-0.25, -0.2) is 0 Å². The Bertz CT molecular complexity index is 108. The molecule has 0 aliphatic carbocycles.